The van der Waals surface area contributed by atoms with Gasteiger partial charge in [-0.1, -0.05) is 23.7 Å². The van der Waals surface area contributed by atoms with E-state index in [1.54, 1.807) is 47.0 Å². The second-order valence-corrected chi connectivity index (χ2v) is 7.58. The van der Waals surface area contributed by atoms with Crippen LogP contribution >= 0.6 is 11.6 Å². The van der Waals surface area contributed by atoms with Crippen molar-refractivity contribution in [3.05, 3.63) is 83.1 Å². The van der Waals surface area contributed by atoms with Gasteiger partial charge in [0.2, 0.25) is 0 Å². The van der Waals surface area contributed by atoms with Crippen molar-refractivity contribution in [2.24, 2.45) is 0 Å². The zero-order chi connectivity index (χ0) is 20.1. The van der Waals surface area contributed by atoms with Crippen molar-refractivity contribution in [2.45, 2.75) is 19.4 Å². The van der Waals surface area contributed by atoms with E-state index in [2.05, 4.69) is 4.98 Å². The molecule has 0 spiro atoms. The lowest BCUT2D eigenvalue weighted by Gasteiger charge is -2.18. The van der Waals surface area contributed by atoms with Gasteiger partial charge in [0.15, 0.2) is 11.5 Å². The fraction of sp³-hybridized carbons (Fsp3) is 0.136. The molecule has 28 heavy (non-hydrogen) atoms. The summed E-state index contributed by atoms with van der Waals surface area (Å²) in [4.78, 5) is 4.17. The Morgan fingerprint density at radius 1 is 1.04 bits per heavy atom. The lowest BCUT2D eigenvalue weighted by atomic mass is 9.99. The normalized spacial score (nSPS) is 11.9. The Kier molecular flexibility index (Phi) is 4.44. The van der Waals surface area contributed by atoms with Crippen molar-refractivity contribution in [1.82, 2.24) is 9.38 Å². The first-order valence-corrected chi connectivity index (χ1v) is 9.08. The van der Waals surface area contributed by atoms with Crippen LogP contribution in [0.5, 0.6) is 0 Å². The third-order valence-corrected chi connectivity index (χ3v) is 4.91. The predicted molar refractivity (Wildman–Crippen MR) is 106 cm³/mol. The zero-order valence-corrected chi connectivity index (χ0v) is 16.0. The van der Waals surface area contributed by atoms with Crippen molar-refractivity contribution in [3.63, 3.8) is 0 Å². The molecule has 2 aromatic carbocycles. The van der Waals surface area contributed by atoms with E-state index in [1.807, 2.05) is 0 Å². The van der Waals surface area contributed by atoms with Gasteiger partial charge in [-0.15, -0.1) is 0 Å². The fourth-order valence-electron chi connectivity index (χ4n) is 3.26. The molecule has 0 radical (unpaired) electrons. The maximum absolute atomic E-state index is 14.8. The van der Waals surface area contributed by atoms with Gasteiger partial charge in [-0.3, -0.25) is 4.40 Å². The first-order chi connectivity index (χ1) is 13.3. The number of pyridine rings is 1. The third-order valence-electron chi connectivity index (χ3n) is 4.68. The Bertz CT molecular complexity index is 1200. The molecule has 2 aromatic heterocycles. The third kappa shape index (κ3) is 3.17. The van der Waals surface area contributed by atoms with Gasteiger partial charge in [-0.05, 0) is 55.8 Å². The number of imidazole rings is 1. The lowest BCUT2D eigenvalue weighted by molar-refractivity contribution is 0.0746. The SMILES string of the molecule is CC(C)(O)c1ccn2c(-c3ccc(F)c(-c4cccc(Cl)c4)c3)cnc2c1F. The van der Waals surface area contributed by atoms with E-state index < -0.39 is 11.4 Å². The Labute approximate surface area is 165 Å². The van der Waals surface area contributed by atoms with E-state index >= 15 is 0 Å². The van der Waals surface area contributed by atoms with E-state index in [0.29, 0.717) is 27.4 Å². The summed E-state index contributed by atoms with van der Waals surface area (Å²) >= 11 is 6.03. The quantitative estimate of drug-likeness (QED) is 0.471. The molecule has 2 heterocycles. The molecule has 4 rings (SSSR count). The van der Waals surface area contributed by atoms with Gasteiger partial charge in [0, 0.05) is 27.9 Å². The number of hydrogen-bond acceptors (Lipinski definition) is 2. The van der Waals surface area contributed by atoms with Gasteiger partial charge in [-0.25, -0.2) is 13.8 Å². The van der Waals surface area contributed by atoms with E-state index in [4.69, 9.17) is 11.6 Å². The molecule has 0 fully saturated rings. The second-order valence-electron chi connectivity index (χ2n) is 7.14. The molecular weight excluding hydrogens is 382 g/mol. The van der Waals surface area contributed by atoms with E-state index in [9.17, 15) is 13.9 Å². The largest absolute Gasteiger partial charge is 0.386 e. The molecular formula is C22H17ClF2N2O. The molecule has 1 N–H and O–H groups in total. The lowest BCUT2D eigenvalue weighted by Crippen LogP contribution is -2.18. The van der Waals surface area contributed by atoms with Crippen molar-refractivity contribution < 1.29 is 13.9 Å². The maximum Gasteiger partial charge on any atom is 0.174 e. The highest BCUT2D eigenvalue weighted by Crippen LogP contribution is 2.32. The predicted octanol–water partition coefficient (Wildman–Crippen LogP) is 5.83. The zero-order valence-electron chi connectivity index (χ0n) is 15.2. The highest BCUT2D eigenvalue weighted by atomic mass is 35.5. The highest BCUT2D eigenvalue weighted by molar-refractivity contribution is 6.30. The van der Waals surface area contributed by atoms with Crippen LogP contribution in [0.15, 0.2) is 60.9 Å². The molecule has 0 atom stereocenters. The highest BCUT2D eigenvalue weighted by Gasteiger charge is 2.24. The number of hydrogen-bond donors (Lipinski definition) is 1. The molecule has 3 nitrogen and oxygen atoms in total. The summed E-state index contributed by atoms with van der Waals surface area (Å²) in [6.45, 7) is 3.03. The minimum atomic E-state index is -1.33. The minimum Gasteiger partial charge on any atom is -0.386 e. The minimum absolute atomic E-state index is 0.100. The smallest absolute Gasteiger partial charge is 0.174 e. The molecule has 0 saturated carbocycles. The van der Waals surface area contributed by atoms with E-state index in [1.165, 1.54) is 32.2 Å². The van der Waals surface area contributed by atoms with Gasteiger partial charge in [0.1, 0.15) is 5.82 Å². The van der Waals surface area contributed by atoms with Crippen LogP contribution in [0.1, 0.15) is 19.4 Å². The van der Waals surface area contributed by atoms with Crippen LogP contribution in [0.3, 0.4) is 0 Å². The van der Waals surface area contributed by atoms with Gasteiger partial charge < -0.3 is 5.11 Å². The van der Waals surface area contributed by atoms with E-state index in [-0.39, 0.29) is 17.0 Å². The monoisotopic (exact) mass is 398 g/mol. The first-order valence-electron chi connectivity index (χ1n) is 8.70. The van der Waals surface area contributed by atoms with Crippen LogP contribution in [0.25, 0.3) is 28.0 Å². The molecule has 0 amide bonds. The maximum atomic E-state index is 14.8. The molecule has 0 saturated heterocycles. The molecule has 142 valence electrons. The number of aromatic nitrogens is 2. The average molecular weight is 399 g/mol. The Morgan fingerprint density at radius 3 is 2.54 bits per heavy atom. The summed E-state index contributed by atoms with van der Waals surface area (Å²) in [5.41, 5.74) is 1.27. The number of nitrogens with zero attached hydrogens (tertiary/aromatic N) is 2. The average Bonchev–Trinajstić information content (AvgIpc) is 3.06. The second kappa shape index (κ2) is 6.69. The number of fused-ring (bicyclic) bond motifs is 1. The molecule has 0 aliphatic carbocycles. The number of aliphatic hydroxyl groups is 1. The van der Waals surface area contributed by atoms with Crippen LogP contribution in [0.2, 0.25) is 5.02 Å². The van der Waals surface area contributed by atoms with E-state index in [0.717, 1.165) is 0 Å². The van der Waals surface area contributed by atoms with Gasteiger partial charge in [0.25, 0.3) is 0 Å². The Morgan fingerprint density at radius 2 is 1.82 bits per heavy atom. The number of benzene rings is 2. The first kappa shape index (κ1) is 18.6. The van der Waals surface area contributed by atoms with Crippen LogP contribution in [-0.2, 0) is 5.60 Å². The van der Waals surface area contributed by atoms with Crippen LogP contribution in [-0.4, -0.2) is 14.5 Å². The van der Waals surface area contributed by atoms with Crippen LogP contribution in [0, 0.1) is 11.6 Å². The standard InChI is InChI=1S/C22H17ClF2N2O/c1-22(2,28)17-8-9-27-19(12-26-21(27)20(17)25)14-6-7-18(24)16(11-14)13-4-3-5-15(23)10-13/h3-12,28H,1-2H3. The summed E-state index contributed by atoms with van der Waals surface area (Å²) in [7, 11) is 0. The van der Waals surface area contributed by atoms with Crippen molar-refractivity contribution >= 4 is 17.2 Å². The van der Waals surface area contributed by atoms with Crippen molar-refractivity contribution in [2.75, 3.05) is 0 Å². The van der Waals surface area contributed by atoms with Crippen LogP contribution in [0.4, 0.5) is 8.78 Å². The molecule has 0 aliphatic heterocycles. The summed E-state index contributed by atoms with van der Waals surface area (Å²) < 4.78 is 30.8. The fourth-order valence-corrected chi connectivity index (χ4v) is 3.46. The molecule has 0 aliphatic rings. The number of halogens is 3. The number of rotatable bonds is 3. The molecule has 0 unspecified atom stereocenters. The molecule has 6 heteroatoms. The molecule has 4 aromatic rings. The summed E-state index contributed by atoms with van der Waals surface area (Å²) in [5.74, 6) is -0.964. The van der Waals surface area contributed by atoms with Crippen LogP contribution < -0.4 is 0 Å². The Hall–Kier alpha value is -2.76. The van der Waals surface area contributed by atoms with Crippen molar-refractivity contribution in [1.29, 1.82) is 0 Å². The van der Waals surface area contributed by atoms with Gasteiger partial charge in [-0.2, -0.15) is 0 Å². The summed E-state index contributed by atoms with van der Waals surface area (Å²) in [6.07, 6.45) is 3.18. The van der Waals surface area contributed by atoms with Crippen molar-refractivity contribution in [3.8, 4) is 22.4 Å². The topological polar surface area (TPSA) is 37.5 Å². The Balaban J connectivity index is 1.87. The summed E-state index contributed by atoms with van der Waals surface area (Å²) in [5, 5.41) is 10.7. The van der Waals surface area contributed by atoms with Gasteiger partial charge >= 0.3 is 0 Å². The molecule has 0 bridgehead atoms. The summed E-state index contributed by atoms with van der Waals surface area (Å²) in [6, 6.07) is 13.1. The van der Waals surface area contributed by atoms with Gasteiger partial charge in [0.05, 0.1) is 17.5 Å².